The number of hydrogen-bond donors (Lipinski definition) is 6. The van der Waals surface area contributed by atoms with Gasteiger partial charge in [-0.15, -0.1) is 0 Å². The fraction of sp³-hybridized carbons (Fsp3) is 0.791. The minimum Gasteiger partial charge on any atom is -0.466 e. The maximum Gasteiger partial charge on any atom is 0.305 e. The summed E-state index contributed by atoms with van der Waals surface area (Å²) in [4.78, 5) is 25.1. The molecule has 1 fully saturated rings. The van der Waals surface area contributed by atoms with Crippen LogP contribution in [0.5, 0.6) is 0 Å². The standard InChI is InChI=1S/C67H119NO10/c1-3-5-7-9-11-13-15-17-27-30-33-37-41-45-49-53-60(70)59(58-77-67-66(75)65(74)64(73)61(57-69)78-67)68-62(71)54-50-46-42-38-34-31-28-25-23-21-19-18-20-22-24-26-29-32-36-40-44-48-52-56-76-63(72)55-51-47-43-39-35-16-14-12-10-8-6-4-2/h12,14-15,17-18,20-21,23,33,37,49,53,59-61,64-67,69-70,73-75H,3-11,13,16,19,22,24-32,34-36,38-48,50-52,54-58H2,1-2H3,(H,68,71)/b14-12-,17-15+,20-18-,23-21-,37-33+,53-49+. The molecule has 0 spiro atoms. The Labute approximate surface area is 477 Å². The Hall–Kier alpha value is -2.90. The molecule has 78 heavy (non-hydrogen) atoms. The highest BCUT2D eigenvalue weighted by Crippen LogP contribution is 2.23. The van der Waals surface area contributed by atoms with Crippen LogP contribution >= 0.6 is 0 Å². The van der Waals surface area contributed by atoms with Crippen LogP contribution in [-0.2, 0) is 23.8 Å². The van der Waals surface area contributed by atoms with Crippen molar-refractivity contribution < 1.29 is 49.3 Å². The Balaban J connectivity index is 2.11. The van der Waals surface area contributed by atoms with E-state index in [0.29, 0.717) is 19.4 Å². The summed E-state index contributed by atoms with van der Waals surface area (Å²) in [5.41, 5.74) is 0. The molecule has 0 aromatic rings. The molecule has 0 radical (unpaired) electrons. The van der Waals surface area contributed by atoms with E-state index in [-0.39, 0.29) is 18.5 Å². The number of aliphatic hydroxyl groups excluding tert-OH is 5. The molecule has 1 rings (SSSR count). The number of nitrogens with one attached hydrogen (secondary N) is 1. The second kappa shape index (κ2) is 56.0. The van der Waals surface area contributed by atoms with Crippen molar-refractivity contribution in [3.05, 3.63) is 72.9 Å². The van der Waals surface area contributed by atoms with Crippen LogP contribution in [0.3, 0.4) is 0 Å². The highest BCUT2D eigenvalue weighted by molar-refractivity contribution is 5.76. The predicted octanol–water partition coefficient (Wildman–Crippen LogP) is 15.6. The number of unbranched alkanes of at least 4 members (excludes halogenated alkanes) is 31. The number of ether oxygens (including phenoxy) is 3. The van der Waals surface area contributed by atoms with Crippen LogP contribution in [0.4, 0.5) is 0 Å². The minimum atomic E-state index is -1.59. The van der Waals surface area contributed by atoms with Gasteiger partial charge in [0.25, 0.3) is 0 Å². The van der Waals surface area contributed by atoms with Gasteiger partial charge in [0, 0.05) is 12.8 Å². The van der Waals surface area contributed by atoms with Gasteiger partial charge in [-0.25, -0.2) is 0 Å². The van der Waals surface area contributed by atoms with Gasteiger partial charge >= 0.3 is 5.97 Å². The molecule has 1 saturated heterocycles. The Kier molecular flexibility index (Phi) is 52.5. The highest BCUT2D eigenvalue weighted by atomic mass is 16.7. The molecule has 1 amide bonds. The van der Waals surface area contributed by atoms with E-state index in [4.69, 9.17) is 14.2 Å². The molecule has 0 aliphatic carbocycles. The molecule has 11 heteroatoms. The number of rotatable bonds is 55. The summed E-state index contributed by atoms with van der Waals surface area (Å²) in [5, 5.41) is 54.4. The summed E-state index contributed by atoms with van der Waals surface area (Å²) in [6.45, 7) is 4.27. The van der Waals surface area contributed by atoms with Crippen molar-refractivity contribution in [1.82, 2.24) is 5.32 Å². The largest absolute Gasteiger partial charge is 0.466 e. The first-order valence-electron chi connectivity index (χ1n) is 32.2. The minimum absolute atomic E-state index is 0.0163. The Morgan fingerprint density at radius 2 is 0.872 bits per heavy atom. The average molecular weight is 1100 g/mol. The first-order chi connectivity index (χ1) is 38.2. The lowest BCUT2D eigenvalue weighted by Gasteiger charge is -2.40. The first kappa shape index (κ1) is 73.1. The molecule has 452 valence electrons. The zero-order valence-electron chi connectivity index (χ0n) is 49.9. The van der Waals surface area contributed by atoms with Crippen molar-refractivity contribution in [1.29, 1.82) is 0 Å². The van der Waals surface area contributed by atoms with E-state index in [1.807, 2.05) is 6.08 Å². The van der Waals surface area contributed by atoms with Crippen LogP contribution in [-0.4, -0.2) is 100 Å². The molecule has 6 N–H and O–H groups in total. The van der Waals surface area contributed by atoms with Crippen molar-refractivity contribution in [3.8, 4) is 0 Å². The van der Waals surface area contributed by atoms with Crippen LogP contribution in [0.1, 0.15) is 277 Å². The molecule has 0 saturated carbocycles. The van der Waals surface area contributed by atoms with Crippen LogP contribution < -0.4 is 5.32 Å². The van der Waals surface area contributed by atoms with Gasteiger partial charge in [-0.3, -0.25) is 9.59 Å². The van der Waals surface area contributed by atoms with Crippen LogP contribution in [0.2, 0.25) is 0 Å². The maximum absolute atomic E-state index is 13.1. The van der Waals surface area contributed by atoms with Crippen molar-refractivity contribution in [2.45, 2.75) is 320 Å². The molecular weight excluding hydrogens is 979 g/mol. The molecule has 7 unspecified atom stereocenters. The summed E-state index contributed by atoms with van der Waals surface area (Å²) in [5.74, 6) is -0.224. The van der Waals surface area contributed by atoms with Gasteiger partial charge in [0.05, 0.1) is 32.0 Å². The molecule has 0 bridgehead atoms. The highest BCUT2D eigenvalue weighted by Gasteiger charge is 2.44. The smallest absolute Gasteiger partial charge is 0.305 e. The fourth-order valence-corrected chi connectivity index (χ4v) is 9.61. The molecular formula is C67H119NO10. The van der Waals surface area contributed by atoms with Gasteiger partial charge in [0.15, 0.2) is 6.29 Å². The van der Waals surface area contributed by atoms with E-state index in [0.717, 1.165) is 103 Å². The predicted molar refractivity (Wildman–Crippen MR) is 324 cm³/mol. The number of aliphatic hydroxyl groups is 5. The molecule has 0 aromatic heterocycles. The normalized spacial score (nSPS) is 19.0. The molecule has 0 aromatic carbocycles. The van der Waals surface area contributed by atoms with Crippen molar-refractivity contribution in [3.63, 3.8) is 0 Å². The van der Waals surface area contributed by atoms with E-state index in [1.54, 1.807) is 6.08 Å². The van der Waals surface area contributed by atoms with Gasteiger partial charge in [-0.2, -0.15) is 0 Å². The lowest BCUT2D eigenvalue weighted by atomic mass is 9.99. The first-order valence-corrected chi connectivity index (χ1v) is 32.2. The number of amides is 1. The van der Waals surface area contributed by atoms with Gasteiger partial charge in [-0.05, 0) is 116 Å². The van der Waals surface area contributed by atoms with Crippen LogP contribution in [0, 0.1) is 0 Å². The summed E-state index contributed by atoms with van der Waals surface area (Å²) in [6.07, 6.45) is 64.3. The zero-order valence-corrected chi connectivity index (χ0v) is 49.9. The van der Waals surface area contributed by atoms with E-state index in [1.165, 1.54) is 148 Å². The molecule has 1 aliphatic heterocycles. The molecule has 7 atom stereocenters. The van der Waals surface area contributed by atoms with Gasteiger partial charge in [0.2, 0.25) is 5.91 Å². The Morgan fingerprint density at radius 3 is 1.37 bits per heavy atom. The maximum atomic E-state index is 13.1. The van der Waals surface area contributed by atoms with Crippen molar-refractivity contribution in [2.75, 3.05) is 19.8 Å². The summed E-state index contributed by atoms with van der Waals surface area (Å²) in [7, 11) is 0. The van der Waals surface area contributed by atoms with E-state index in [2.05, 4.69) is 79.9 Å². The number of allylic oxidation sites excluding steroid dienone is 11. The average Bonchev–Trinajstić information content (AvgIpc) is 3.45. The summed E-state index contributed by atoms with van der Waals surface area (Å²) < 4.78 is 16.7. The fourth-order valence-electron chi connectivity index (χ4n) is 9.61. The molecule has 1 aliphatic rings. The topological polar surface area (TPSA) is 175 Å². The lowest BCUT2D eigenvalue weighted by molar-refractivity contribution is -0.302. The molecule has 1 heterocycles. The SMILES string of the molecule is CCCCC/C=C\CCCCCCCC(=O)OCCCCCCCCCCC/C=C\C/C=C\CCCCCCCCCC(=O)NC(COC1OC(CO)C(O)C(O)C1O)C(O)/C=C/CC/C=C/CC/C=C/CCCCCCC. The number of esters is 1. The number of hydrogen-bond acceptors (Lipinski definition) is 10. The van der Waals surface area contributed by atoms with E-state index in [9.17, 15) is 35.1 Å². The van der Waals surface area contributed by atoms with Gasteiger partial charge in [-0.1, -0.05) is 222 Å². The van der Waals surface area contributed by atoms with Gasteiger partial charge in [0.1, 0.15) is 24.4 Å². The lowest BCUT2D eigenvalue weighted by Crippen LogP contribution is -2.60. The number of carbonyl (C=O) groups excluding carboxylic acids is 2. The van der Waals surface area contributed by atoms with E-state index < -0.39 is 49.5 Å². The summed E-state index contributed by atoms with van der Waals surface area (Å²) >= 11 is 0. The summed E-state index contributed by atoms with van der Waals surface area (Å²) in [6, 6.07) is -0.844. The Bertz CT molecular complexity index is 1520. The number of carbonyl (C=O) groups is 2. The quantitative estimate of drug-likeness (QED) is 0.0195. The Morgan fingerprint density at radius 1 is 0.474 bits per heavy atom. The van der Waals surface area contributed by atoms with Crippen molar-refractivity contribution >= 4 is 11.9 Å². The monoisotopic (exact) mass is 1100 g/mol. The van der Waals surface area contributed by atoms with Crippen LogP contribution in [0.25, 0.3) is 0 Å². The second-order valence-electron chi connectivity index (χ2n) is 22.1. The second-order valence-corrected chi connectivity index (χ2v) is 22.1. The van der Waals surface area contributed by atoms with Crippen LogP contribution in [0.15, 0.2) is 72.9 Å². The third-order valence-electron chi connectivity index (χ3n) is 14.7. The molecule has 11 nitrogen and oxygen atoms in total. The van der Waals surface area contributed by atoms with E-state index >= 15 is 0 Å². The van der Waals surface area contributed by atoms with Gasteiger partial charge < -0.3 is 45.1 Å². The third-order valence-corrected chi connectivity index (χ3v) is 14.7. The third kappa shape index (κ3) is 44.8. The van der Waals surface area contributed by atoms with Crippen molar-refractivity contribution in [2.24, 2.45) is 0 Å². The zero-order chi connectivity index (χ0) is 56.6.